The monoisotopic (exact) mass is 207 g/mol. The van der Waals surface area contributed by atoms with Crippen molar-refractivity contribution in [2.75, 3.05) is 26.2 Å². The van der Waals surface area contributed by atoms with Gasteiger partial charge in [0.15, 0.2) is 6.29 Å². The van der Waals surface area contributed by atoms with E-state index in [0.717, 1.165) is 5.75 Å². The molecular weight excluding hydrogens is 186 g/mol. The van der Waals surface area contributed by atoms with Crippen LogP contribution >= 0.6 is 11.8 Å². The predicted molar refractivity (Wildman–Crippen MR) is 58.2 cm³/mol. The SMILES string of the molecule is COC(OC)C(C)NC(C)CSC. The Morgan fingerprint density at radius 1 is 1.23 bits per heavy atom. The van der Waals surface area contributed by atoms with Crippen LogP contribution in [0.4, 0.5) is 0 Å². The first kappa shape index (κ1) is 13.2. The Bertz CT molecular complexity index is 120. The molecule has 0 bridgehead atoms. The van der Waals surface area contributed by atoms with Gasteiger partial charge in [-0.3, -0.25) is 0 Å². The van der Waals surface area contributed by atoms with Crippen molar-refractivity contribution >= 4 is 11.8 Å². The van der Waals surface area contributed by atoms with Crippen LogP contribution in [-0.4, -0.2) is 44.6 Å². The molecule has 0 heterocycles. The number of nitrogens with one attached hydrogen (secondary N) is 1. The fraction of sp³-hybridized carbons (Fsp3) is 1.00. The molecule has 0 fully saturated rings. The van der Waals surface area contributed by atoms with Gasteiger partial charge in [0.05, 0.1) is 6.04 Å². The molecule has 13 heavy (non-hydrogen) atoms. The van der Waals surface area contributed by atoms with E-state index in [1.54, 1.807) is 14.2 Å². The second kappa shape index (κ2) is 7.62. The maximum Gasteiger partial charge on any atom is 0.171 e. The number of hydrogen-bond acceptors (Lipinski definition) is 4. The van der Waals surface area contributed by atoms with E-state index in [2.05, 4.69) is 25.4 Å². The van der Waals surface area contributed by atoms with Crippen molar-refractivity contribution in [2.45, 2.75) is 32.2 Å². The first-order chi connectivity index (χ1) is 6.15. The van der Waals surface area contributed by atoms with Gasteiger partial charge in [0.1, 0.15) is 0 Å². The molecule has 0 amide bonds. The Balaban J connectivity index is 3.75. The third-order valence-electron chi connectivity index (χ3n) is 1.84. The van der Waals surface area contributed by atoms with Crippen molar-refractivity contribution in [3.63, 3.8) is 0 Å². The summed E-state index contributed by atoms with van der Waals surface area (Å²) in [5.74, 6) is 1.10. The molecule has 0 aliphatic carbocycles. The molecule has 0 radical (unpaired) electrons. The van der Waals surface area contributed by atoms with Crippen LogP contribution in [0.5, 0.6) is 0 Å². The van der Waals surface area contributed by atoms with Gasteiger partial charge in [0.25, 0.3) is 0 Å². The van der Waals surface area contributed by atoms with E-state index < -0.39 is 0 Å². The van der Waals surface area contributed by atoms with Crippen LogP contribution in [-0.2, 0) is 9.47 Å². The van der Waals surface area contributed by atoms with Gasteiger partial charge in [0.2, 0.25) is 0 Å². The van der Waals surface area contributed by atoms with Crippen LogP contribution in [0.2, 0.25) is 0 Å². The van der Waals surface area contributed by atoms with Crippen LogP contribution in [0.15, 0.2) is 0 Å². The molecule has 3 nitrogen and oxygen atoms in total. The number of methoxy groups -OCH3 is 2. The fourth-order valence-electron chi connectivity index (χ4n) is 1.33. The molecule has 0 rings (SSSR count). The minimum atomic E-state index is -0.163. The summed E-state index contributed by atoms with van der Waals surface area (Å²) in [6.45, 7) is 4.23. The molecule has 0 aliphatic heterocycles. The van der Waals surface area contributed by atoms with Gasteiger partial charge in [-0.05, 0) is 20.1 Å². The van der Waals surface area contributed by atoms with Crippen molar-refractivity contribution in [3.05, 3.63) is 0 Å². The first-order valence-corrected chi connectivity index (χ1v) is 5.85. The van der Waals surface area contributed by atoms with E-state index in [9.17, 15) is 0 Å². The molecule has 0 saturated heterocycles. The van der Waals surface area contributed by atoms with E-state index in [1.165, 1.54) is 0 Å². The highest BCUT2D eigenvalue weighted by Gasteiger charge is 2.16. The van der Waals surface area contributed by atoms with Gasteiger partial charge in [-0.15, -0.1) is 0 Å². The zero-order valence-corrected chi connectivity index (χ0v) is 9.98. The second-order valence-corrected chi connectivity index (χ2v) is 4.06. The average molecular weight is 207 g/mol. The van der Waals surface area contributed by atoms with Gasteiger partial charge in [0, 0.05) is 26.0 Å². The maximum absolute atomic E-state index is 5.15. The summed E-state index contributed by atoms with van der Waals surface area (Å²) in [5, 5.41) is 3.41. The van der Waals surface area contributed by atoms with Crippen LogP contribution in [0.25, 0.3) is 0 Å². The molecule has 0 saturated carbocycles. The van der Waals surface area contributed by atoms with Crippen LogP contribution in [0.3, 0.4) is 0 Å². The lowest BCUT2D eigenvalue weighted by atomic mass is 10.2. The first-order valence-electron chi connectivity index (χ1n) is 4.46. The lowest BCUT2D eigenvalue weighted by Gasteiger charge is -2.25. The summed E-state index contributed by atoms with van der Waals surface area (Å²) in [6.07, 6.45) is 1.94. The van der Waals surface area contributed by atoms with Gasteiger partial charge in [-0.2, -0.15) is 11.8 Å². The minimum absolute atomic E-state index is 0.163. The molecule has 4 heteroatoms. The van der Waals surface area contributed by atoms with Gasteiger partial charge >= 0.3 is 0 Å². The summed E-state index contributed by atoms with van der Waals surface area (Å²) in [5.41, 5.74) is 0. The molecule has 2 atom stereocenters. The van der Waals surface area contributed by atoms with Gasteiger partial charge in [-0.25, -0.2) is 0 Å². The second-order valence-electron chi connectivity index (χ2n) is 3.15. The zero-order chi connectivity index (χ0) is 10.3. The van der Waals surface area contributed by atoms with Gasteiger partial charge in [-0.1, -0.05) is 0 Å². The largest absolute Gasteiger partial charge is 0.354 e. The zero-order valence-electron chi connectivity index (χ0n) is 9.16. The van der Waals surface area contributed by atoms with Gasteiger partial charge < -0.3 is 14.8 Å². The lowest BCUT2D eigenvalue weighted by molar-refractivity contribution is -0.120. The van der Waals surface area contributed by atoms with Crippen molar-refractivity contribution in [1.82, 2.24) is 5.32 Å². The average Bonchev–Trinajstić information content (AvgIpc) is 2.06. The van der Waals surface area contributed by atoms with E-state index in [4.69, 9.17) is 9.47 Å². The Hall–Kier alpha value is 0.230. The van der Waals surface area contributed by atoms with Crippen molar-refractivity contribution in [3.8, 4) is 0 Å². The standard InChI is InChI=1S/C9H21NO2S/c1-7(6-13-5)10-8(2)9(11-3)12-4/h7-10H,6H2,1-5H3. The summed E-state index contributed by atoms with van der Waals surface area (Å²) < 4.78 is 10.3. The van der Waals surface area contributed by atoms with Crippen LogP contribution < -0.4 is 5.32 Å². The van der Waals surface area contributed by atoms with E-state index in [-0.39, 0.29) is 12.3 Å². The molecule has 0 aromatic carbocycles. The normalized spacial score (nSPS) is 16.2. The fourth-order valence-corrected chi connectivity index (χ4v) is 1.93. The molecule has 0 aliphatic rings. The topological polar surface area (TPSA) is 30.5 Å². The quantitative estimate of drug-likeness (QED) is 0.638. The highest BCUT2D eigenvalue weighted by Crippen LogP contribution is 2.02. The molecule has 80 valence electrons. The number of thioether (sulfide) groups is 1. The molecule has 2 unspecified atom stereocenters. The van der Waals surface area contributed by atoms with Crippen LogP contribution in [0, 0.1) is 0 Å². The van der Waals surface area contributed by atoms with E-state index in [1.807, 2.05) is 11.8 Å². The number of rotatable bonds is 7. The molecular formula is C9H21NO2S. The number of ether oxygens (including phenoxy) is 2. The number of hydrogen-bond donors (Lipinski definition) is 1. The molecule has 1 N–H and O–H groups in total. The summed E-state index contributed by atoms with van der Waals surface area (Å²) in [7, 11) is 3.32. The smallest absolute Gasteiger partial charge is 0.171 e. The van der Waals surface area contributed by atoms with Crippen molar-refractivity contribution in [2.24, 2.45) is 0 Å². The van der Waals surface area contributed by atoms with E-state index in [0.29, 0.717) is 6.04 Å². The lowest BCUT2D eigenvalue weighted by Crippen LogP contribution is -2.44. The Labute approximate surface area is 85.6 Å². The maximum atomic E-state index is 5.15. The summed E-state index contributed by atoms with van der Waals surface area (Å²) >= 11 is 1.83. The molecule has 0 aromatic heterocycles. The predicted octanol–water partition coefficient (Wildman–Crippen LogP) is 1.33. The summed E-state index contributed by atoms with van der Waals surface area (Å²) in [6, 6.07) is 0.704. The van der Waals surface area contributed by atoms with Crippen molar-refractivity contribution in [1.29, 1.82) is 0 Å². The Kier molecular flexibility index (Phi) is 7.75. The highest BCUT2D eigenvalue weighted by atomic mass is 32.2. The third kappa shape index (κ3) is 5.52. The summed E-state index contributed by atoms with van der Waals surface area (Å²) in [4.78, 5) is 0. The molecule has 0 spiro atoms. The van der Waals surface area contributed by atoms with E-state index >= 15 is 0 Å². The Morgan fingerprint density at radius 2 is 1.77 bits per heavy atom. The third-order valence-corrected chi connectivity index (χ3v) is 2.67. The van der Waals surface area contributed by atoms with Crippen LogP contribution in [0.1, 0.15) is 13.8 Å². The Morgan fingerprint density at radius 3 is 2.15 bits per heavy atom. The highest BCUT2D eigenvalue weighted by molar-refractivity contribution is 7.98. The van der Waals surface area contributed by atoms with Crippen molar-refractivity contribution < 1.29 is 9.47 Å². The molecule has 0 aromatic rings. The minimum Gasteiger partial charge on any atom is -0.354 e.